The average Bonchev–Trinajstić information content (AvgIpc) is 3.14. The quantitative estimate of drug-likeness (QED) is 0.0698. The lowest BCUT2D eigenvalue weighted by atomic mass is 10.0. The summed E-state index contributed by atoms with van der Waals surface area (Å²) in [6, 6.07) is 29.5. The standard InChI is InChI=1S/C41H46N4O7/c1-45(2)22-19-31(20-23-45)52-41(49)43-36-26-32(12-13-33(36)29-6-4-3-5-7-29)51-25-24-50-30-10-8-28(9-11-30)18-21-42-27-38(47)34-14-16-37(46)40-35(34)15-17-39(48)44-40/h3-17,26,31,38,42,47H,18-25,27H2,1-2H3,(H2-,43,44,46,48,49)/p+1/t38-/m0/s1. The monoisotopic (exact) mass is 707 g/mol. The van der Waals surface area contributed by atoms with E-state index in [-0.39, 0.29) is 17.4 Å². The Morgan fingerprint density at radius 2 is 1.62 bits per heavy atom. The molecule has 272 valence electrons. The highest BCUT2D eigenvalue weighted by atomic mass is 16.6. The molecule has 0 radical (unpaired) electrons. The van der Waals surface area contributed by atoms with Gasteiger partial charge in [-0.05, 0) is 66.1 Å². The molecule has 1 aromatic heterocycles. The van der Waals surface area contributed by atoms with Gasteiger partial charge >= 0.3 is 6.09 Å². The molecule has 6 rings (SSSR count). The van der Waals surface area contributed by atoms with Crippen LogP contribution >= 0.6 is 0 Å². The summed E-state index contributed by atoms with van der Waals surface area (Å²) in [5.41, 5.74) is 4.21. The van der Waals surface area contributed by atoms with Crippen molar-refractivity contribution < 1.29 is 33.7 Å². The van der Waals surface area contributed by atoms with Gasteiger partial charge in [0.15, 0.2) is 0 Å². The number of pyridine rings is 1. The van der Waals surface area contributed by atoms with Crippen molar-refractivity contribution in [3.63, 3.8) is 0 Å². The van der Waals surface area contributed by atoms with Gasteiger partial charge in [0, 0.05) is 42.5 Å². The van der Waals surface area contributed by atoms with E-state index in [1.54, 1.807) is 12.1 Å². The second kappa shape index (κ2) is 16.8. The maximum atomic E-state index is 13.0. The van der Waals surface area contributed by atoms with E-state index >= 15 is 0 Å². The molecule has 0 bridgehead atoms. The average molecular weight is 708 g/mol. The third kappa shape index (κ3) is 9.70. The molecule has 1 aliphatic rings. The number of phenols is 1. The van der Waals surface area contributed by atoms with Crippen LogP contribution in [0.2, 0.25) is 0 Å². The van der Waals surface area contributed by atoms with Gasteiger partial charge < -0.3 is 39.2 Å². The number of H-pyrrole nitrogens is 1. The van der Waals surface area contributed by atoms with Crippen LogP contribution in [0.25, 0.3) is 22.0 Å². The number of fused-ring (bicyclic) bond motifs is 1. The van der Waals surface area contributed by atoms with E-state index in [0.29, 0.717) is 54.2 Å². The van der Waals surface area contributed by atoms with Gasteiger partial charge in [-0.2, -0.15) is 0 Å². The molecule has 1 saturated heterocycles. The Balaban J connectivity index is 0.956. The van der Waals surface area contributed by atoms with Crippen molar-refractivity contribution in [1.29, 1.82) is 0 Å². The lowest BCUT2D eigenvalue weighted by molar-refractivity contribution is -0.896. The van der Waals surface area contributed by atoms with Crippen molar-refractivity contribution >= 4 is 22.7 Å². The van der Waals surface area contributed by atoms with Crippen molar-refractivity contribution in [2.24, 2.45) is 0 Å². The number of likely N-dealkylation sites (tertiary alicyclic amines) is 1. The zero-order valence-corrected chi connectivity index (χ0v) is 29.6. The van der Waals surface area contributed by atoms with E-state index in [4.69, 9.17) is 14.2 Å². The SMILES string of the molecule is C[N+]1(C)CCC(OC(=O)Nc2cc(OCCOc3ccc(CCNC[C@H](O)c4ccc(O)c5[nH]c(=O)ccc45)cc3)ccc2-c2ccccc2)CC1. The first-order valence-corrected chi connectivity index (χ1v) is 17.7. The highest BCUT2D eigenvalue weighted by Gasteiger charge is 2.28. The number of carbonyl (C=O) groups excluding carboxylic acids is 1. The number of piperidine rings is 1. The highest BCUT2D eigenvalue weighted by molar-refractivity contribution is 5.92. The number of aliphatic hydroxyl groups excluding tert-OH is 1. The van der Waals surface area contributed by atoms with Gasteiger partial charge in [-0.1, -0.05) is 48.5 Å². The largest absolute Gasteiger partial charge is 0.506 e. The smallest absolute Gasteiger partial charge is 0.411 e. The van der Waals surface area contributed by atoms with E-state index < -0.39 is 12.2 Å². The van der Waals surface area contributed by atoms with Crippen LogP contribution in [0.4, 0.5) is 10.5 Å². The van der Waals surface area contributed by atoms with Gasteiger partial charge in [-0.25, -0.2) is 4.79 Å². The van der Waals surface area contributed by atoms with E-state index in [2.05, 4.69) is 29.7 Å². The summed E-state index contributed by atoms with van der Waals surface area (Å²) in [5, 5.41) is 27.7. The number of anilines is 1. The van der Waals surface area contributed by atoms with Crippen LogP contribution < -0.4 is 25.7 Å². The Kier molecular flexibility index (Phi) is 11.8. The molecule has 52 heavy (non-hydrogen) atoms. The van der Waals surface area contributed by atoms with Gasteiger partial charge in [0.25, 0.3) is 0 Å². The number of aromatic nitrogens is 1. The zero-order chi connectivity index (χ0) is 36.5. The summed E-state index contributed by atoms with van der Waals surface area (Å²) < 4.78 is 18.7. The first-order valence-electron chi connectivity index (χ1n) is 17.7. The molecule has 0 saturated carbocycles. The first-order chi connectivity index (χ1) is 25.1. The molecule has 11 nitrogen and oxygen atoms in total. The van der Waals surface area contributed by atoms with Gasteiger partial charge in [0.2, 0.25) is 5.56 Å². The van der Waals surface area contributed by atoms with Crippen molar-refractivity contribution in [2.75, 3.05) is 58.8 Å². The summed E-state index contributed by atoms with van der Waals surface area (Å²) in [6.07, 6.45) is 1.06. The van der Waals surface area contributed by atoms with Crippen LogP contribution in [-0.2, 0) is 11.2 Å². The van der Waals surface area contributed by atoms with Crippen LogP contribution in [0.15, 0.2) is 102 Å². The summed E-state index contributed by atoms with van der Waals surface area (Å²) in [7, 11) is 4.39. The number of carbonyl (C=O) groups is 1. The molecule has 5 N–H and O–H groups in total. The number of aliphatic hydroxyl groups is 1. The molecule has 2 heterocycles. The fourth-order valence-corrected chi connectivity index (χ4v) is 6.44. The number of nitrogens with zero attached hydrogens (tertiary/aromatic N) is 1. The normalized spacial score (nSPS) is 14.8. The summed E-state index contributed by atoms with van der Waals surface area (Å²) in [5.74, 6) is 1.30. The van der Waals surface area contributed by atoms with Crippen LogP contribution in [0.1, 0.15) is 30.1 Å². The third-order valence-corrected chi connectivity index (χ3v) is 9.44. The van der Waals surface area contributed by atoms with Crippen LogP contribution in [0.5, 0.6) is 17.2 Å². The number of aromatic amines is 1. The van der Waals surface area contributed by atoms with Crippen molar-refractivity contribution in [1.82, 2.24) is 10.3 Å². The number of ether oxygens (including phenoxy) is 3. The number of hydrogen-bond acceptors (Lipinski definition) is 8. The number of phenolic OH excluding ortho intramolecular Hbond substituents is 1. The van der Waals surface area contributed by atoms with Crippen LogP contribution in [0, 0.1) is 0 Å². The fraction of sp³-hybridized carbons (Fsp3) is 0.317. The minimum Gasteiger partial charge on any atom is -0.506 e. The van der Waals surface area contributed by atoms with E-state index in [1.807, 2.05) is 72.8 Å². The molecule has 1 amide bonds. The predicted molar refractivity (Wildman–Crippen MR) is 202 cm³/mol. The number of rotatable bonds is 14. The minimum atomic E-state index is -0.813. The number of quaternary nitrogens is 1. The Hall–Kier alpha value is -5.36. The summed E-state index contributed by atoms with van der Waals surface area (Å²) in [6.45, 7) is 3.55. The predicted octanol–water partition coefficient (Wildman–Crippen LogP) is 6.01. The molecule has 1 aliphatic heterocycles. The minimum absolute atomic E-state index is 0.0364. The number of hydrogen-bond donors (Lipinski definition) is 5. The lowest BCUT2D eigenvalue weighted by Gasteiger charge is -2.36. The molecule has 11 heteroatoms. The van der Waals surface area contributed by atoms with E-state index in [9.17, 15) is 19.8 Å². The first kappa shape index (κ1) is 36.4. The second-order valence-corrected chi connectivity index (χ2v) is 13.8. The Labute approximate surface area is 303 Å². The number of aromatic hydroxyl groups is 1. The lowest BCUT2D eigenvalue weighted by Crippen LogP contribution is -2.48. The summed E-state index contributed by atoms with van der Waals surface area (Å²) >= 11 is 0. The molecule has 5 aromatic rings. The van der Waals surface area contributed by atoms with Gasteiger partial charge in [-0.3, -0.25) is 10.1 Å². The third-order valence-electron chi connectivity index (χ3n) is 9.44. The molecule has 0 unspecified atom stereocenters. The van der Waals surface area contributed by atoms with Gasteiger partial charge in [-0.15, -0.1) is 0 Å². The second-order valence-electron chi connectivity index (χ2n) is 13.8. The highest BCUT2D eigenvalue weighted by Crippen LogP contribution is 2.32. The molecule has 4 aromatic carbocycles. The molecule has 0 spiro atoms. The maximum absolute atomic E-state index is 13.0. The molecule has 1 fully saturated rings. The molecular weight excluding hydrogens is 660 g/mol. The summed E-state index contributed by atoms with van der Waals surface area (Å²) in [4.78, 5) is 27.3. The van der Waals surface area contributed by atoms with Crippen LogP contribution in [0.3, 0.4) is 0 Å². The Morgan fingerprint density at radius 3 is 2.37 bits per heavy atom. The van der Waals surface area contributed by atoms with Crippen molar-refractivity contribution in [3.8, 4) is 28.4 Å². The number of benzene rings is 4. The van der Waals surface area contributed by atoms with Crippen molar-refractivity contribution in [3.05, 3.63) is 119 Å². The van der Waals surface area contributed by atoms with E-state index in [1.165, 1.54) is 12.1 Å². The van der Waals surface area contributed by atoms with Gasteiger partial charge in [0.05, 0.1) is 44.5 Å². The zero-order valence-electron chi connectivity index (χ0n) is 29.6. The molecule has 0 aliphatic carbocycles. The Morgan fingerprint density at radius 1 is 0.904 bits per heavy atom. The maximum Gasteiger partial charge on any atom is 0.411 e. The number of amides is 1. The molecule has 1 atom stereocenters. The molecular formula is C41H47N4O7+. The topological polar surface area (TPSA) is 142 Å². The van der Waals surface area contributed by atoms with Crippen molar-refractivity contribution in [2.45, 2.75) is 31.5 Å². The number of nitrogens with one attached hydrogen (secondary N) is 3. The fourth-order valence-electron chi connectivity index (χ4n) is 6.44. The Bertz CT molecular complexity index is 2000. The van der Waals surface area contributed by atoms with Gasteiger partial charge in [0.1, 0.15) is 36.6 Å². The van der Waals surface area contributed by atoms with Crippen LogP contribution in [-0.4, -0.2) is 85.4 Å². The van der Waals surface area contributed by atoms with E-state index in [0.717, 1.165) is 59.3 Å².